The summed E-state index contributed by atoms with van der Waals surface area (Å²) in [7, 11) is 0. The first kappa shape index (κ1) is 12.3. The van der Waals surface area contributed by atoms with Gasteiger partial charge in [0.25, 0.3) is 0 Å². The molecule has 2 nitrogen and oxygen atoms in total. The van der Waals surface area contributed by atoms with Crippen LogP contribution in [0.2, 0.25) is 0 Å². The lowest BCUT2D eigenvalue weighted by atomic mass is 9.88. The Hall–Kier alpha value is -0.790. The predicted molar refractivity (Wildman–Crippen MR) is 61.6 cm³/mol. The van der Waals surface area contributed by atoms with E-state index in [1.54, 1.807) is 6.92 Å². The summed E-state index contributed by atoms with van der Waals surface area (Å²) in [6, 6.07) is 0. The van der Waals surface area contributed by atoms with Crippen LogP contribution in [0.5, 0.6) is 0 Å². The zero-order chi connectivity index (χ0) is 11.7. The summed E-state index contributed by atoms with van der Waals surface area (Å²) in [5.74, 6) is -0.241. The van der Waals surface area contributed by atoms with Gasteiger partial charge in [-0.3, -0.25) is 0 Å². The van der Waals surface area contributed by atoms with Gasteiger partial charge in [-0.05, 0) is 38.0 Å². The zero-order valence-corrected chi connectivity index (χ0v) is 10.4. The molecule has 1 saturated carbocycles. The third-order valence-electron chi connectivity index (χ3n) is 3.36. The van der Waals surface area contributed by atoms with E-state index in [0.29, 0.717) is 11.0 Å². The van der Waals surface area contributed by atoms with Crippen LogP contribution < -0.4 is 0 Å². The third kappa shape index (κ3) is 2.83. The average molecular weight is 210 g/mol. The maximum Gasteiger partial charge on any atom is 0.333 e. The van der Waals surface area contributed by atoms with Gasteiger partial charge >= 0.3 is 5.97 Å². The second kappa shape index (κ2) is 3.99. The highest BCUT2D eigenvalue weighted by Crippen LogP contribution is 2.47. The quantitative estimate of drug-likeness (QED) is 0.526. The van der Waals surface area contributed by atoms with Gasteiger partial charge in [-0.15, -0.1) is 0 Å². The molecule has 0 aromatic carbocycles. The monoisotopic (exact) mass is 210 g/mol. The lowest BCUT2D eigenvalue weighted by molar-refractivity contribution is -0.155. The fraction of sp³-hybridized carbons (Fsp3) is 0.769. The number of rotatable bonds is 3. The number of esters is 1. The van der Waals surface area contributed by atoms with E-state index in [-0.39, 0.29) is 11.6 Å². The molecule has 0 N–H and O–H groups in total. The van der Waals surface area contributed by atoms with Crippen molar-refractivity contribution >= 4 is 5.97 Å². The van der Waals surface area contributed by atoms with E-state index in [1.807, 2.05) is 0 Å². The molecule has 1 aliphatic rings. The summed E-state index contributed by atoms with van der Waals surface area (Å²) < 4.78 is 5.61. The minimum absolute atomic E-state index is 0.237. The zero-order valence-electron chi connectivity index (χ0n) is 10.4. The lowest BCUT2D eigenvalue weighted by Crippen LogP contribution is -2.32. The molecule has 0 spiro atoms. The first-order valence-electron chi connectivity index (χ1n) is 5.69. The third-order valence-corrected chi connectivity index (χ3v) is 3.36. The van der Waals surface area contributed by atoms with Gasteiger partial charge in [0.1, 0.15) is 5.60 Å². The summed E-state index contributed by atoms with van der Waals surface area (Å²) in [6.45, 7) is 11.9. The molecule has 0 radical (unpaired) electrons. The molecule has 0 heterocycles. The highest BCUT2D eigenvalue weighted by Gasteiger charge is 2.44. The first-order valence-corrected chi connectivity index (χ1v) is 5.69. The minimum Gasteiger partial charge on any atom is -0.456 e. The number of carbonyl (C=O) groups is 1. The number of hydrogen-bond donors (Lipinski definition) is 0. The van der Waals surface area contributed by atoms with Crippen LogP contribution in [-0.2, 0) is 9.53 Å². The fourth-order valence-electron chi connectivity index (χ4n) is 2.36. The molecule has 1 fully saturated rings. The molecule has 0 aromatic rings. The van der Waals surface area contributed by atoms with Crippen molar-refractivity contribution in [2.75, 3.05) is 0 Å². The summed E-state index contributed by atoms with van der Waals surface area (Å²) in [5, 5.41) is 0. The van der Waals surface area contributed by atoms with Crippen molar-refractivity contribution in [2.45, 2.75) is 59.0 Å². The van der Waals surface area contributed by atoms with Crippen molar-refractivity contribution in [1.29, 1.82) is 0 Å². The Kier molecular flexibility index (Phi) is 3.27. The number of ether oxygens (including phenoxy) is 1. The molecule has 86 valence electrons. The predicted octanol–water partition coefficient (Wildman–Crippen LogP) is 3.46. The molecular weight excluding hydrogens is 188 g/mol. The van der Waals surface area contributed by atoms with Crippen LogP contribution in [0.1, 0.15) is 53.4 Å². The summed E-state index contributed by atoms with van der Waals surface area (Å²) >= 11 is 0. The smallest absolute Gasteiger partial charge is 0.333 e. The maximum absolute atomic E-state index is 11.6. The Labute approximate surface area is 92.7 Å². The van der Waals surface area contributed by atoms with Gasteiger partial charge < -0.3 is 4.74 Å². The van der Waals surface area contributed by atoms with E-state index >= 15 is 0 Å². The van der Waals surface area contributed by atoms with Crippen LogP contribution in [-0.4, -0.2) is 11.6 Å². The Morgan fingerprint density at radius 3 is 2.33 bits per heavy atom. The summed E-state index contributed by atoms with van der Waals surface area (Å²) in [5.41, 5.74) is 0.553. The normalized spacial score (nSPS) is 28.8. The molecule has 1 aliphatic carbocycles. The van der Waals surface area contributed by atoms with Crippen LogP contribution >= 0.6 is 0 Å². The van der Waals surface area contributed by atoms with Gasteiger partial charge in [0.15, 0.2) is 0 Å². The van der Waals surface area contributed by atoms with E-state index in [1.165, 1.54) is 0 Å². The standard InChI is InChI=1S/C13H22O2/c1-6-13(15-11(14)10(2)3)8-7-12(4,5)9-13/h2,6-9H2,1,3-5H3. The van der Waals surface area contributed by atoms with E-state index < -0.39 is 0 Å². The summed E-state index contributed by atoms with van der Waals surface area (Å²) in [4.78, 5) is 11.6. The van der Waals surface area contributed by atoms with Gasteiger partial charge in [0.2, 0.25) is 0 Å². The Morgan fingerprint density at radius 2 is 2.00 bits per heavy atom. The molecule has 0 aliphatic heterocycles. The molecule has 0 saturated heterocycles. The van der Waals surface area contributed by atoms with Crippen molar-refractivity contribution in [3.63, 3.8) is 0 Å². The van der Waals surface area contributed by atoms with E-state index in [9.17, 15) is 4.79 Å². The van der Waals surface area contributed by atoms with Gasteiger partial charge in [0, 0.05) is 5.57 Å². The highest BCUT2D eigenvalue weighted by atomic mass is 16.6. The molecule has 0 amide bonds. The number of hydrogen-bond acceptors (Lipinski definition) is 2. The highest BCUT2D eigenvalue weighted by molar-refractivity contribution is 5.87. The SMILES string of the molecule is C=C(C)C(=O)OC1(CC)CCC(C)(C)C1. The van der Waals surface area contributed by atoms with Crippen LogP contribution in [0, 0.1) is 5.41 Å². The molecule has 1 rings (SSSR count). The average Bonchev–Trinajstić information content (AvgIpc) is 2.42. The molecule has 2 heteroatoms. The lowest BCUT2D eigenvalue weighted by Gasteiger charge is -2.29. The Bertz CT molecular complexity index is 278. The van der Waals surface area contributed by atoms with Crippen LogP contribution in [0.25, 0.3) is 0 Å². The molecule has 15 heavy (non-hydrogen) atoms. The van der Waals surface area contributed by atoms with Crippen molar-refractivity contribution in [3.8, 4) is 0 Å². The number of carbonyl (C=O) groups excluding carboxylic acids is 1. The molecule has 0 bridgehead atoms. The van der Waals surface area contributed by atoms with Crippen LogP contribution in [0.15, 0.2) is 12.2 Å². The van der Waals surface area contributed by atoms with Gasteiger partial charge in [-0.25, -0.2) is 4.79 Å². The van der Waals surface area contributed by atoms with E-state index in [2.05, 4.69) is 27.4 Å². The maximum atomic E-state index is 11.6. The minimum atomic E-state index is -0.241. The molecular formula is C13H22O2. The van der Waals surface area contributed by atoms with Gasteiger partial charge in [-0.1, -0.05) is 27.4 Å². The van der Waals surface area contributed by atoms with Crippen molar-refractivity contribution in [3.05, 3.63) is 12.2 Å². The topological polar surface area (TPSA) is 26.3 Å². The van der Waals surface area contributed by atoms with Gasteiger partial charge in [0.05, 0.1) is 0 Å². The van der Waals surface area contributed by atoms with Crippen LogP contribution in [0.3, 0.4) is 0 Å². The van der Waals surface area contributed by atoms with E-state index in [0.717, 1.165) is 25.7 Å². The molecule has 0 aromatic heterocycles. The van der Waals surface area contributed by atoms with Crippen molar-refractivity contribution in [1.82, 2.24) is 0 Å². The van der Waals surface area contributed by atoms with E-state index in [4.69, 9.17) is 4.74 Å². The van der Waals surface area contributed by atoms with Gasteiger partial charge in [-0.2, -0.15) is 0 Å². The van der Waals surface area contributed by atoms with Crippen LogP contribution in [0.4, 0.5) is 0 Å². The molecule has 1 atom stereocenters. The Balaban J connectivity index is 2.72. The Morgan fingerprint density at radius 1 is 1.40 bits per heavy atom. The first-order chi connectivity index (χ1) is 6.80. The fourth-order valence-corrected chi connectivity index (χ4v) is 2.36. The molecule has 1 unspecified atom stereocenters. The second-order valence-electron chi connectivity index (χ2n) is 5.55. The summed E-state index contributed by atoms with van der Waals surface area (Å²) in [6.07, 6.45) is 3.98. The van der Waals surface area contributed by atoms with Crippen molar-refractivity contribution < 1.29 is 9.53 Å². The second-order valence-corrected chi connectivity index (χ2v) is 5.55. The largest absolute Gasteiger partial charge is 0.456 e. The van der Waals surface area contributed by atoms with Crippen molar-refractivity contribution in [2.24, 2.45) is 5.41 Å².